The Kier molecular flexibility index (Phi) is 7.95. The molecule has 2 aromatic carbocycles. The van der Waals surface area contributed by atoms with Crippen molar-refractivity contribution in [3.8, 4) is 0 Å². The summed E-state index contributed by atoms with van der Waals surface area (Å²) in [5.74, 6) is -1.05. The number of esters is 1. The lowest BCUT2D eigenvalue weighted by molar-refractivity contribution is -0.147. The summed E-state index contributed by atoms with van der Waals surface area (Å²) in [5, 5.41) is 5.55. The van der Waals surface area contributed by atoms with Crippen molar-refractivity contribution in [3.63, 3.8) is 0 Å². The van der Waals surface area contributed by atoms with E-state index in [1.807, 2.05) is 58.0 Å². The number of carbonyl (C=O) groups is 3. The van der Waals surface area contributed by atoms with E-state index in [0.717, 1.165) is 27.9 Å². The molecule has 6 nitrogen and oxygen atoms in total. The summed E-state index contributed by atoms with van der Waals surface area (Å²) in [5.41, 5.74) is 5.69. The number of hydrogen-bond acceptors (Lipinski definition) is 4. The van der Waals surface area contributed by atoms with E-state index in [-0.39, 0.29) is 25.4 Å². The third kappa shape index (κ3) is 7.41. The molecule has 6 heteroatoms. The van der Waals surface area contributed by atoms with Crippen LogP contribution in [0.5, 0.6) is 0 Å². The van der Waals surface area contributed by atoms with E-state index in [2.05, 4.69) is 10.6 Å². The zero-order chi connectivity index (χ0) is 21.4. The van der Waals surface area contributed by atoms with E-state index in [9.17, 15) is 14.4 Å². The average molecular weight is 396 g/mol. The minimum absolute atomic E-state index is 0.0805. The number of anilines is 2. The Balaban J connectivity index is 1.67. The fourth-order valence-electron chi connectivity index (χ4n) is 2.71. The van der Waals surface area contributed by atoms with Gasteiger partial charge in [0.25, 0.3) is 5.91 Å². The third-order valence-electron chi connectivity index (χ3n) is 4.61. The van der Waals surface area contributed by atoms with Crippen molar-refractivity contribution in [3.05, 3.63) is 58.7 Å². The first-order chi connectivity index (χ1) is 13.7. The van der Waals surface area contributed by atoms with Crippen molar-refractivity contribution in [1.29, 1.82) is 0 Å². The van der Waals surface area contributed by atoms with Gasteiger partial charge in [-0.3, -0.25) is 14.4 Å². The lowest BCUT2D eigenvalue weighted by atomic mass is 10.1. The van der Waals surface area contributed by atoms with Gasteiger partial charge in [-0.05, 0) is 74.6 Å². The topological polar surface area (TPSA) is 84.5 Å². The van der Waals surface area contributed by atoms with Gasteiger partial charge in [0, 0.05) is 24.2 Å². The molecule has 0 spiro atoms. The highest BCUT2D eigenvalue weighted by atomic mass is 16.5. The maximum atomic E-state index is 12.1. The van der Waals surface area contributed by atoms with Crippen LogP contribution < -0.4 is 10.6 Å². The van der Waals surface area contributed by atoms with Crippen molar-refractivity contribution >= 4 is 29.2 Å². The molecule has 2 N–H and O–H groups in total. The molecule has 0 saturated carbocycles. The average Bonchev–Trinajstić information content (AvgIpc) is 2.66. The predicted molar refractivity (Wildman–Crippen MR) is 114 cm³/mol. The Bertz CT molecular complexity index is 906. The van der Waals surface area contributed by atoms with Gasteiger partial charge < -0.3 is 15.4 Å². The smallest absolute Gasteiger partial charge is 0.306 e. The van der Waals surface area contributed by atoms with E-state index in [4.69, 9.17) is 4.74 Å². The number of rotatable bonds is 8. The zero-order valence-electron chi connectivity index (χ0n) is 17.4. The summed E-state index contributed by atoms with van der Waals surface area (Å²) in [6.45, 7) is 7.49. The van der Waals surface area contributed by atoms with Gasteiger partial charge in [0.15, 0.2) is 6.61 Å². The fourth-order valence-corrected chi connectivity index (χ4v) is 2.71. The molecule has 0 bridgehead atoms. The minimum Gasteiger partial charge on any atom is -0.456 e. The highest BCUT2D eigenvalue weighted by molar-refractivity contribution is 5.93. The fraction of sp³-hybridized carbons (Fsp3) is 0.348. The molecule has 0 saturated heterocycles. The highest BCUT2D eigenvalue weighted by Gasteiger charge is 2.10. The number of nitrogens with one attached hydrogen (secondary N) is 2. The summed E-state index contributed by atoms with van der Waals surface area (Å²) in [6, 6.07) is 11.4. The van der Waals surface area contributed by atoms with Gasteiger partial charge in [-0.2, -0.15) is 0 Å². The lowest BCUT2D eigenvalue weighted by Crippen LogP contribution is -2.21. The number of aryl methyl sites for hydroxylation is 4. The number of ether oxygens (including phenoxy) is 1. The van der Waals surface area contributed by atoms with Crippen LogP contribution in [0.15, 0.2) is 36.4 Å². The molecule has 0 aromatic heterocycles. The Labute approximate surface area is 171 Å². The first-order valence-electron chi connectivity index (χ1n) is 9.64. The molecule has 0 aliphatic heterocycles. The number of benzene rings is 2. The van der Waals surface area contributed by atoms with Gasteiger partial charge >= 0.3 is 5.97 Å². The van der Waals surface area contributed by atoms with Gasteiger partial charge in [0.1, 0.15) is 0 Å². The molecule has 0 heterocycles. The highest BCUT2D eigenvalue weighted by Crippen LogP contribution is 2.17. The first-order valence-corrected chi connectivity index (χ1v) is 9.64. The standard InChI is InChI=1S/C23H28N2O4/c1-15-8-9-17(3)20(12-15)25-21(26)6-5-7-23(28)29-14-22(27)24-19-11-10-16(2)18(4)13-19/h8-13H,5-7,14H2,1-4H3,(H,24,27)(H,25,26). The molecule has 154 valence electrons. The van der Waals surface area contributed by atoms with Crippen LogP contribution in [-0.4, -0.2) is 24.4 Å². The van der Waals surface area contributed by atoms with Crippen LogP contribution in [0.2, 0.25) is 0 Å². The molecule has 2 amide bonds. The molecule has 0 radical (unpaired) electrons. The molecule has 0 atom stereocenters. The molecule has 0 fully saturated rings. The van der Waals surface area contributed by atoms with Gasteiger partial charge in [-0.1, -0.05) is 18.2 Å². The minimum atomic E-state index is -0.500. The zero-order valence-corrected chi connectivity index (χ0v) is 17.4. The number of carbonyl (C=O) groups excluding carboxylic acids is 3. The van der Waals surface area contributed by atoms with Crippen molar-refractivity contribution < 1.29 is 19.1 Å². The molecule has 2 aromatic rings. The molecular formula is C23H28N2O4. The van der Waals surface area contributed by atoms with E-state index in [1.165, 1.54) is 0 Å². The second-order valence-electron chi connectivity index (χ2n) is 7.23. The second-order valence-corrected chi connectivity index (χ2v) is 7.23. The predicted octanol–water partition coefficient (Wildman–Crippen LogP) is 4.21. The van der Waals surface area contributed by atoms with Crippen LogP contribution in [0.1, 0.15) is 41.5 Å². The van der Waals surface area contributed by atoms with E-state index < -0.39 is 11.9 Å². The normalized spacial score (nSPS) is 10.3. The van der Waals surface area contributed by atoms with Gasteiger partial charge in [0.05, 0.1) is 0 Å². The maximum Gasteiger partial charge on any atom is 0.306 e. The van der Waals surface area contributed by atoms with Gasteiger partial charge in [-0.25, -0.2) is 0 Å². The van der Waals surface area contributed by atoms with Crippen LogP contribution in [0.25, 0.3) is 0 Å². The third-order valence-corrected chi connectivity index (χ3v) is 4.61. The molecule has 2 rings (SSSR count). The van der Waals surface area contributed by atoms with E-state index >= 15 is 0 Å². The summed E-state index contributed by atoms with van der Waals surface area (Å²) < 4.78 is 4.98. The largest absolute Gasteiger partial charge is 0.456 e. The van der Waals surface area contributed by atoms with Crippen molar-refractivity contribution in [2.24, 2.45) is 0 Å². The Morgan fingerprint density at radius 3 is 2.24 bits per heavy atom. The van der Waals surface area contributed by atoms with E-state index in [1.54, 1.807) is 6.07 Å². The number of hydrogen-bond donors (Lipinski definition) is 2. The lowest BCUT2D eigenvalue weighted by Gasteiger charge is -2.10. The summed E-state index contributed by atoms with van der Waals surface area (Å²) in [4.78, 5) is 35.8. The second kappa shape index (κ2) is 10.4. The Morgan fingerprint density at radius 2 is 1.52 bits per heavy atom. The summed E-state index contributed by atoms with van der Waals surface area (Å²) in [7, 11) is 0. The Morgan fingerprint density at radius 1 is 0.793 bits per heavy atom. The molecule has 0 aliphatic carbocycles. The van der Waals surface area contributed by atoms with Crippen LogP contribution in [-0.2, 0) is 19.1 Å². The summed E-state index contributed by atoms with van der Waals surface area (Å²) in [6.07, 6.45) is 0.642. The maximum absolute atomic E-state index is 12.1. The molecule has 29 heavy (non-hydrogen) atoms. The van der Waals surface area contributed by atoms with Crippen LogP contribution in [0, 0.1) is 27.7 Å². The number of amides is 2. The molecule has 0 aliphatic rings. The van der Waals surface area contributed by atoms with Gasteiger partial charge in [-0.15, -0.1) is 0 Å². The van der Waals surface area contributed by atoms with Crippen LogP contribution in [0.3, 0.4) is 0 Å². The monoisotopic (exact) mass is 396 g/mol. The SMILES string of the molecule is Cc1ccc(C)c(NC(=O)CCCC(=O)OCC(=O)Nc2ccc(C)c(C)c2)c1. The van der Waals surface area contributed by atoms with Gasteiger partial charge in [0.2, 0.25) is 5.91 Å². The van der Waals surface area contributed by atoms with Crippen LogP contribution >= 0.6 is 0 Å². The van der Waals surface area contributed by atoms with Crippen LogP contribution in [0.4, 0.5) is 11.4 Å². The molecule has 0 unspecified atom stereocenters. The van der Waals surface area contributed by atoms with Crippen molar-refractivity contribution in [1.82, 2.24) is 0 Å². The van der Waals surface area contributed by atoms with Crippen molar-refractivity contribution in [2.45, 2.75) is 47.0 Å². The summed E-state index contributed by atoms with van der Waals surface area (Å²) >= 11 is 0. The van der Waals surface area contributed by atoms with Crippen molar-refractivity contribution in [2.75, 3.05) is 17.2 Å². The van der Waals surface area contributed by atoms with E-state index in [0.29, 0.717) is 12.1 Å². The first kappa shape index (κ1) is 22.1. The molecular weight excluding hydrogens is 368 g/mol. The Hall–Kier alpha value is -3.15. The quantitative estimate of drug-likeness (QED) is 0.655.